The second kappa shape index (κ2) is 9.69. The number of nitrogens with zero attached hydrogens (tertiary/aromatic N) is 4. The molecule has 0 aliphatic carbocycles. The minimum atomic E-state index is -0.0890. The first-order valence-corrected chi connectivity index (χ1v) is 11.6. The predicted molar refractivity (Wildman–Crippen MR) is 129 cm³/mol. The summed E-state index contributed by atoms with van der Waals surface area (Å²) in [5.41, 5.74) is 1.23. The Kier molecular flexibility index (Phi) is 6.31. The van der Waals surface area contributed by atoms with Gasteiger partial charge in [0.25, 0.3) is 5.91 Å². The van der Waals surface area contributed by atoms with Crippen LogP contribution in [0.5, 0.6) is 5.75 Å². The number of halogens is 1. The van der Waals surface area contributed by atoms with E-state index in [1.54, 1.807) is 23.2 Å². The van der Waals surface area contributed by atoms with Gasteiger partial charge in [-0.25, -0.2) is 0 Å². The summed E-state index contributed by atoms with van der Waals surface area (Å²) < 4.78 is 6.07. The van der Waals surface area contributed by atoms with Crippen molar-refractivity contribution in [2.75, 3.05) is 36.4 Å². The van der Waals surface area contributed by atoms with Gasteiger partial charge in [-0.05, 0) is 48.5 Å². The molecule has 0 saturated carbocycles. The smallest absolute Gasteiger partial charge is 0.255 e. The third kappa shape index (κ3) is 4.82. The molecule has 3 heterocycles. The molecule has 0 unspecified atom stereocenters. The number of carbonyl (C=O) groups excluding carboxylic acids is 2. The van der Waals surface area contributed by atoms with Gasteiger partial charge in [0.15, 0.2) is 5.82 Å². The highest BCUT2D eigenvalue weighted by Crippen LogP contribution is 2.26. The van der Waals surface area contributed by atoms with E-state index in [0.717, 1.165) is 17.9 Å². The molecule has 8 nitrogen and oxygen atoms in total. The van der Waals surface area contributed by atoms with Gasteiger partial charge in [-0.1, -0.05) is 23.7 Å². The summed E-state index contributed by atoms with van der Waals surface area (Å²) in [6, 6.07) is 18.1. The number of benzene rings is 2. The number of amides is 2. The summed E-state index contributed by atoms with van der Waals surface area (Å²) in [5.74, 6) is 1.31. The fourth-order valence-corrected chi connectivity index (χ4v) is 4.38. The minimum absolute atomic E-state index is 0.0154. The quantitative estimate of drug-likeness (QED) is 0.584. The Morgan fingerprint density at radius 2 is 1.79 bits per heavy atom. The van der Waals surface area contributed by atoms with Crippen LogP contribution in [-0.4, -0.2) is 59.2 Å². The molecule has 5 rings (SSSR count). The molecule has 2 fully saturated rings. The fourth-order valence-electron chi connectivity index (χ4n) is 4.16. The number of likely N-dealkylation sites (tertiary alicyclic amines) is 1. The first kappa shape index (κ1) is 22.2. The second-order valence-electron chi connectivity index (χ2n) is 8.46. The zero-order chi connectivity index (χ0) is 23.5. The van der Waals surface area contributed by atoms with E-state index in [-0.39, 0.29) is 23.8 Å². The number of carbonyl (C=O) groups is 2. The molecule has 2 amide bonds. The molecule has 174 valence electrons. The molecule has 1 N–H and O–H groups in total. The Labute approximate surface area is 202 Å². The van der Waals surface area contributed by atoms with E-state index in [4.69, 9.17) is 16.3 Å². The van der Waals surface area contributed by atoms with E-state index < -0.39 is 0 Å². The number of nitrogens with one attached hydrogen (secondary N) is 1. The lowest BCUT2D eigenvalue weighted by Crippen LogP contribution is -2.52. The maximum atomic E-state index is 12.7. The summed E-state index contributed by atoms with van der Waals surface area (Å²) in [6.07, 6.45) is 2.29. The number of anilines is 2. The van der Waals surface area contributed by atoms with Gasteiger partial charge in [-0.3, -0.25) is 9.59 Å². The highest BCUT2D eigenvalue weighted by molar-refractivity contribution is 6.33. The monoisotopic (exact) mass is 477 g/mol. The van der Waals surface area contributed by atoms with Gasteiger partial charge in [0.1, 0.15) is 11.9 Å². The van der Waals surface area contributed by atoms with Gasteiger partial charge in [-0.2, -0.15) is 5.10 Å². The summed E-state index contributed by atoms with van der Waals surface area (Å²) in [6.45, 7) is 2.37. The van der Waals surface area contributed by atoms with Crippen molar-refractivity contribution >= 4 is 34.9 Å². The van der Waals surface area contributed by atoms with E-state index >= 15 is 0 Å². The zero-order valence-electron chi connectivity index (χ0n) is 18.4. The lowest BCUT2D eigenvalue weighted by molar-refractivity contribution is -0.120. The molecule has 0 radical (unpaired) electrons. The van der Waals surface area contributed by atoms with Gasteiger partial charge in [-0.15, -0.1) is 5.10 Å². The van der Waals surface area contributed by atoms with Crippen molar-refractivity contribution in [2.24, 2.45) is 5.92 Å². The molecular weight excluding hydrogens is 454 g/mol. The number of hydrogen-bond acceptors (Lipinski definition) is 6. The van der Waals surface area contributed by atoms with Crippen molar-refractivity contribution in [1.29, 1.82) is 0 Å². The number of aromatic nitrogens is 2. The average molecular weight is 478 g/mol. The maximum Gasteiger partial charge on any atom is 0.255 e. The lowest BCUT2D eigenvalue weighted by atomic mass is 9.99. The molecule has 3 aromatic rings. The second-order valence-corrected chi connectivity index (χ2v) is 8.86. The number of hydrogen-bond donors (Lipinski definition) is 1. The Morgan fingerprint density at radius 3 is 2.53 bits per heavy atom. The highest BCUT2D eigenvalue weighted by atomic mass is 35.5. The Balaban J connectivity index is 1.10. The first-order chi connectivity index (χ1) is 16.6. The van der Waals surface area contributed by atoms with Crippen molar-refractivity contribution in [1.82, 2.24) is 15.1 Å². The topological polar surface area (TPSA) is 87.7 Å². The Hall–Kier alpha value is -3.65. The summed E-state index contributed by atoms with van der Waals surface area (Å²) in [7, 11) is 0. The molecule has 2 aromatic carbocycles. The SMILES string of the molecule is O=C(Nc1ccc(O[C@@H]2CCN(C(=O)c3ccccc3Cl)C2)cc1)C1CN(c2cccnn2)C1. The van der Waals surface area contributed by atoms with Crippen LogP contribution in [0, 0.1) is 5.92 Å². The van der Waals surface area contributed by atoms with Crippen molar-refractivity contribution in [3.05, 3.63) is 77.4 Å². The van der Waals surface area contributed by atoms with Crippen LogP contribution in [0.1, 0.15) is 16.8 Å². The highest BCUT2D eigenvalue weighted by Gasteiger charge is 2.33. The van der Waals surface area contributed by atoms with Crippen molar-refractivity contribution in [3.63, 3.8) is 0 Å². The predicted octanol–water partition coefficient (Wildman–Crippen LogP) is 3.50. The van der Waals surface area contributed by atoms with Gasteiger partial charge in [0.2, 0.25) is 5.91 Å². The molecule has 2 saturated heterocycles. The molecule has 1 aromatic heterocycles. The normalized spacial score (nSPS) is 17.9. The van der Waals surface area contributed by atoms with Crippen LogP contribution in [0.4, 0.5) is 11.5 Å². The van der Waals surface area contributed by atoms with Crippen LogP contribution in [-0.2, 0) is 4.79 Å². The molecule has 0 bridgehead atoms. The number of ether oxygens (including phenoxy) is 1. The summed E-state index contributed by atoms with van der Waals surface area (Å²) in [4.78, 5) is 29.0. The van der Waals surface area contributed by atoms with Crippen LogP contribution < -0.4 is 15.0 Å². The molecule has 2 aliphatic heterocycles. The van der Waals surface area contributed by atoms with Crippen molar-refractivity contribution < 1.29 is 14.3 Å². The fraction of sp³-hybridized carbons (Fsp3) is 0.280. The lowest BCUT2D eigenvalue weighted by Gasteiger charge is -2.38. The Bertz CT molecular complexity index is 1170. The van der Waals surface area contributed by atoms with Gasteiger partial charge < -0.3 is 19.9 Å². The van der Waals surface area contributed by atoms with Crippen LogP contribution >= 0.6 is 11.6 Å². The molecule has 9 heteroatoms. The van der Waals surface area contributed by atoms with Crippen LogP contribution in [0.15, 0.2) is 66.9 Å². The van der Waals surface area contributed by atoms with Gasteiger partial charge >= 0.3 is 0 Å². The van der Waals surface area contributed by atoms with Crippen LogP contribution in [0.25, 0.3) is 0 Å². The van der Waals surface area contributed by atoms with Gasteiger partial charge in [0.05, 0.1) is 23.0 Å². The third-order valence-corrected chi connectivity index (χ3v) is 6.43. The standard InChI is InChI=1S/C25H24ClN5O3/c26-22-5-2-1-4-21(22)25(33)30-13-11-20(16-30)34-19-9-7-18(8-10-19)28-24(32)17-14-31(15-17)23-6-3-12-27-29-23/h1-10,12,17,20H,11,13-16H2,(H,28,32)/t20-/m1/s1. The molecule has 34 heavy (non-hydrogen) atoms. The van der Waals surface area contributed by atoms with Crippen LogP contribution in [0.3, 0.4) is 0 Å². The van der Waals surface area contributed by atoms with Crippen LogP contribution in [0.2, 0.25) is 5.02 Å². The van der Waals surface area contributed by atoms with E-state index in [9.17, 15) is 9.59 Å². The maximum absolute atomic E-state index is 12.7. The zero-order valence-corrected chi connectivity index (χ0v) is 19.2. The molecule has 0 spiro atoms. The molecule has 1 atom stereocenters. The minimum Gasteiger partial charge on any atom is -0.489 e. The van der Waals surface area contributed by atoms with E-state index in [1.807, 2.05) is 53.4 Å². The summed E-state index contributed by atoms with van der Waals surface area (Å²) in [5, 5.41) is 11.4. The van der Waals surface area contributed by atoms with Crippen molar-refractivity contribution in [3.8, 4) is 5.75 Å². The Morgan fingerprint density at radius 1 is 1.00 bits per heavy atom. The van der Waals surface area contributed by atoms with E-state index in [0.29, 0.717) is 42.5 Å². The van der Waals surface area contributed by atoms with E-state index in [2.05, 4.69) is 15.5 Å². The first-order valence-electron chi connectivity index (χ1n) is 11.2. The number of rotatable bonds is 6. The van der Waals surface area contributed by atoms with Gasteiger partial charge in [0, 0.05) is 37.9 Å². The molecule has 2 aliphatic rings. The van der Waals surface area contributed by atoms with E-state index in [1.165, 1.54) is 0 Å². The van der Waals surface area contributed by atoms with Crippen molar-refractivity contribution in [2.45, 2.75) is 12.5 Å². The largest absolute Gasteiger partial charge is 0.489 e. The third-order valence-electron chi connectivity index (χ3n) is 6.10. The summed E-state index contributed by atoms with van der Waals surface area (Å²) >= 11 is 6.17. The molecular formula is C25H24ClN5O3. The average Bonchev–Trinajstić information content (AvgIpc) is 3.28.